The summed E-state index contributed by atoms with van der Waals surface area (Å²) in [7, 11) is 0. The van der Waals surface area contributed by atoms with Crippen LogP contribution in [-0.2, 0) is 18.5 Å². The molecule has 6 nitrogen and oxygen atoms in total. The summed E-state index contributed by atoms with van der Waals surface area (Å²) in [5.74, 6) is 2.33. The number of nitrogens with one attached hydrogen (secondary N) is 1. The van der Waals surface area contributed by atoms with E-state index in [1.54, 1.807) is 0 Å². The molecule has 4 bridgehead atoms. The molecule has 0 radical (unpaired) electrons. The number of rotatable bonds is 6. The van der Waals surface area contributed by atoms with Gasteiger partial charge in [-0.15, -0.1) is 0 Å². The van der Waals surface area contributed by atoms with Gasteiger partial charge in [-0.2, -0.15) is 10.2 Å². The molecule has 1 amide bonds. The van der Waals surface area contributed by atoms with E-state index < -0.39 is 0 Å². The van der Waals surface area contributed by atoms with Gasteiger partial charge in [-0.1, -0.05) is 18.2 Å². The Hall–Kier alpha value is -2.41. The third kappa shape index (κ3) is 3.74. The predicted molar refractivity (Wildman–Crippen MR) is 130 cm³/mol. The highest BCUT2D eigenvalue weighted by Gasteiger charge is 2.53. The van der Waals surface area contributed by atoms with Crippen LogP contribution >= 0.6 is 15.9 Å². The van der Waals surface area contributed by atoms with Crippen LogP contribution in [-0.4, -0.2) is 25.5 Å². The zero-order valence-corrected chi connectivity index (χ0v) is 20.6. The zero-order chi connectivity index (χ0) is 22.6. The minimum atomic E-state index is -0.0547. The van der Waals surface area contributed by atoms with Crippen molar-refractivity contribution in [3.63, 3.8) is 0 Å². The molecule has 7 rings (SSSR count). The van der Waals surface area contributed by atoms with Crippen molar-refractivity contribution >= 4 is 21.8 Å². The Kier molecular flexibility index (Phi) is 5.20. The van der Waals surface area contributed by atoms with E-state index in [2.05, 4.69) is 33.3 Å². The number of aryl methyl sites for hydroxylation is 1. The molecule has 3 aromatic rings. The van der Waals surface area contributed by atoms with E-state index in [0.717, 1.165) is 51.4 Å². The van der Waals surface area contributed by atoms with Crippen LogP contribution in [0.5, 0.6) is 0 Å². The number of para-hydroxylation sites is 1. The lowest BCUT2D eigenvalue weighted by Gasteiger charge is -2.56. The fourth-order valence-corrected chi connectivity index (χ4v) is 7.48. The molecule has 33 heavy (non-hydrogen) atoms. The summed E-state index contributed by atoms with van der Waals surface area (Å²) >= 11 is 3.57. The summed E-state index contributed by atoms with van der Waals surface area (Å²) in [5.41, 5.74) is 3.63. The molecule has 1 N–H and O–H groups in total. The molecule has 2 heterocycles. The van der Waals surface area contributed by atoms with Gasteiger partial charge >= 0.3 is 0 Å². The average Bonchev–Trinajstić information content (AvgIpc) is 3.42. The molecule has 0 aliphatic heterocycles. The van der Waals surface area contributed by atoms with Gasteiger partial charge in [-0.05, 0) is 91.3 Å². The number of hydrogen-bond donors (Lipinski definition) is 1. The van der Waals surface area contributed by atoms with E-state index in [4.69, 9.17) is 5.10 Å². The monoisotopic (exact) mass is 507 g/mol. The Balaban J connectivity index is 1.35. The number of hydrogen-bond acceptors (Lipinski definition) is 3. The third-order valence-electron chi connectivity index (χ3n) is 8.05. The summed E-state index contributed by atoms with van der Waals surface area (Å²) in [6.45, 7) is 3.24. The van der Waals surface area contributed by atoms with Gasteiger partial charge in [0.15, 0.2) is 0 Å². The summed E-state index contributed by atoms with van der Waals surface area (Å²) in [6.07, 6.45) is 11.5. The van der Waals surface area contributed by atoms with Crippen LogP contribution in [0.1, 0.15) is 67.2 Å². The first-order valence-corrected chi connectivity index (χ1v) is 13.0. The summed E-state index contributed by atoms with van der Waals surface area (Å²) in [4.78, 5) is 13.5. The van der Waals surface area contributed by atoms with Gasteiger partial charge in [-0.3, -0.25) is 9.48 Å². The number of aromatic nitrogens is 4. The smallest absolute Gasteiger partial charge is 0.255 e. The van der Waals surface area contributed by atoms with Crippen molar-refractivity contribution < 1.29 is 4.79 Å². The van der Waals surface area contributed by atoms with Crippen molar-refractivity contribution in [2.24, 2.45) is 17.8 Å². The Morgan fingerprint density at radius 3 is 2.33 bits per heavy atom. The Labute approximate surface area is 202 Å². The number of benzene rings is 1. The van der Waals surface area contributed by atoms with Crippen LogP contribution < -0.4 is 5.32 Å². The van der Waals surface area contributed by atoms with E-state index in [0.29, 0.717) is 6.54 Å². The lowest BCUT2D eigenvalue weighted by molar-refractivity contribution is -0.00770. The molecule has 172 valence electrons. The number of amides is 1. The first kappa shape index (κ1) is 21.1. The maximum absolute atomic E-state index is 13.5. The van der Waals surface area contributed by atoms with Crippen LogP contribution in [0.2, 0.25) is 0 Å². The molecular formula is C26H30BrN5O. The molecule has 4 aliphatic rings. The van der Waals surface area contributed by atoms with Gasteiger partial charge in [0.05, 0.1) is 33.7 Å². The molecule has 7 heteroatoms. The SMILES string of the molecule is CCn1cc(Br)c(CNC(=O)c2cn(-c3ccccc3)nc2C23CC4CC(CC(C4)C2)C3)n1. The van der Waals surface area contributed by atoms with E-state index in [-0.39, 0.29) is 11.3 Å². The molecule has 1 aromatic carbocycles. The van der Waals surface area contributed by atoms with Crippen LogP contribution in [0.15, 0.2) is 47.2 Å². The second-order valence-corrected chi connectivity index (χ2v) is 11.2. The molecule has 0 saturated heterocycles. The Morgan fingerprint density at radius 1 is 1.06 bits per heavy atom. The van der Waals surface area contributed by atoms with Crippen LogP contribution in [0, 0.1) is 17.8 Å². The van der Waals surface area contributed by atoms with Crippen LogP contribution in [0.3, 0.4) is 0 Å². The highest BCUT2D eigenvalue weighted by Crippen LogP contribution is 2.60. The number of carbonyl (C=O) groups excluding carboxylic acids is 1. The van der Waals surface area contributed by atoms with Crippen molar-refractivity contribution in [2.45, 2.75) is 64.0 Å². The largest absolute Gasteiger partial charge is 0.346 e. The molecule has 0 atom stereocenters. The minimum absolute atomic E-state index is 0.0474. The highest BCUT2D eigenvalue weighted by molar-refractivity contribution is 9.10. The standard InChI is InChI=1S/C26H30BrN5O/c1-2-31-16-22(27)23(29-31)14-28-25(33)21-15-32(20-6-4-3-5-7-20)30-24(21)26-11-17-8-18(12-26)10-19(9-17)13-26/h3-7,15-19H,2,8-14H2,1H3,(H,28,33). The Bertz CT molecular complexity index is 1150. The molecule has 0 spiro atoms. The topological polar surface area (TPSA) is 64.7 Å². The minimum Gasteiger partial charge on any atom is -0.346 e. The molecule has 4 saturated carbocycles. The first-order valence-electron chi connectivity index (χ1n) is 12.2. The van der Waals surface area contributed by atoms with Gasteiger partial charge in [0.2, 0.25) is 0 Å². The molecule has 0 unspecified atom stereocenters. The fourth-order valence-electron chi connectivity index (χ4n) is 7.02. The number of nitrogens with zero attached hydrogens (tertiary/aromatic N) is 4. The van der Waals surface area contributed by atoms with Crippen molar-refractivity contribution in [3.05, 3.63) is 64.1 Å². The quantitative estimate of drug-likeness (QED) is 0.495. The number of halogens is 1. The normalized spacial score (nSPS) is 27.8. The van der Waals surface area contributed by atoms with Crippen molar-refractivity contribution in [1.82, 2.24) is 24.9 Å². The van der Waals surface area contributed by atoms with Gasteiger partial charge in [0.25, 0.3) is 5.91 Å². The van der Waals surface area contributed by atoms with Crippen molar-refractivity contribution in [3.8, 4) is 5.69 Å². The van der Waals surface area contributed by atoms with Crippen molar-refractivity contribution in [1.29, 1.82) is 0 Å². The zero-order valence-electron chi connectivity index (χ0n) is 19.0. The van der Waals surface area contributed by atoms with E-state index in [1.807, 2.05) is 52.1 Å². The lowest BCUT2D eigenvalue weighted by atomic mass is 9.48. The fraction of sp³-hybridized carbons (Fsp3) is 0.500. The van der Waals surface area contributed by atoms with E-state index in [1.165, 1.54) is 38.5 Å². The second-order valence-electron chi connectivity index (χ2n) is 10.3. The maximum Gasteiger partial charge on any atom is 0.255 e. The summed E-state index contributed by atoms with van der Waals surface area (Å²) < 4.78 is 4.70. The molecular weight excluding hydrogens is 478 g/mol. The lowest BCUT2D eigenvalue weighted by Crippen LogP contribution is -2.49. The summed E-state index contributed by atoms with van der Waals surface area (Å²) in [5, 5.41) is 12.8. The maximum atomic E-state index is 13.5. The van der Waals surface area contributed by atoms with Gasteiger partial charge < -0.3 is 5.32 Å². The van der Waals surface area contributed by atoms with Crippen LogP contribution in [0.4, 0.5) is 0 Å². The highest BCUT2D eigenvalue weighted by atomic mass is 79.9. The molecule has 4 fully saturated rings. The number of carbonyl (C=O) groups is 1. The van der Waals surface area contributed by atoms with Gasteiger partial charge in [0.1, 0.15) is 0 Å². The average molecular weight is 508 g/mol. The Morgan fingerprint density at radius 2 is 1.73 bits per heavy atom. The third-order valence-corrected chi connectivity index (χ3v) is 8.71. The van der Waals surface area contributed by atoms with E-state index >= 15 is 0 Å². The van der Waals surface area contributed by atoms with E-state index in [9.17, 15) is 4.79 Å². The molecule has 2 aromatic heterocycles. The van der Waals surface area contributed by atoms with Gasteiger partial charge in [-0.25, -0.2) is 4.68 Å². The second kappa shape index (κ2) is 8.12. The van der Waals surface area contributed by atoms with Crippen molar-refractivity contribution in [2.75, 3.05) is 0 Å². The predicted octanol–water partition coefficient (Wildman–Crippen LogP) is 5.25. The van der Waals surface area contributed by atoms with Gasteiger partial charge in [0, 0.05) is 24.4 Å². The summed E-state index contributed by atoms with van der Waals surface area (Å²) in [6, 6.07) is 10.1. The molecule has 4 aliphatic carbocycles. The van der Waals surface area contributed by atoms with Crippen LogP contribution in [0.25, 0.3) is 5.69 Å². The first-order chi connectivity index (χ1) is 16.0.